The van der Waals surface area contributed by atoms with Crippen molar-refractivity contribution in [3.63, 3.8) is 0 Å². The van der Waals surface area contributed by atoms with Gasteiger partial charge in [0.25, 0.3) is 0 Å². The highest BCUT2D eigenvalue weighted by molar-refractivity contribution is 6.31. The molecule has 1 amide bonds. The van der Waals surface area contributed by atoms with Gasteiger partial charge >= 0.3 is 5.97 Å². The molecule has 4 aromatic rings. The number of halogens is 3. The SMILES string of the molecule is CCOC(=O)c1cc2nc([C@@H]3[C@H](C)N(CC4CC4)[C@@]4(C(=O)Nc5cc(Cl)ccc54)[C@H]3c3cccc(Cl)c3F)[nH]c2cc1C. The zero-order chi connectivity index (χ0) is 30.2. The Kier molecular flexibility index (Phi) is 6.80. The molecule has 7 nitrogen and oxygen atoms in total. The molecule has 0 bridgehead atoms. The first-order chi connectivity index (χ1) is 20.6. The van der Waals surface area contributed by atoms with Gasteiger partial charge in [-0.05, 0) is 81.0 Å². The van der Waals surface area contributed by atoms with E-state index in [1.165, 1.54) is 6.07 Å². The smallest absolute Gasteiger partial charge is 0.338 e. The Bertz CT molecular complexity index is 1800. The summed E-state index contributed by atoms with van der Waals surface area (Å²) in [7, 11) is 0. The number of nitrogens with zero attached hydrogens (tertiary/aromatic N) is 2. The molecule has 1 saturated heterocycles. The number of nitrogens with one attached hydrogen (secondary N) is 2. The number of fused-ring (bicyclic) bond motifs is 3. The van der Waals surface area contributed by atoms with Gasteiger partial charge in [-0.25, -0.2) is 14.2 Å². The van der Waals surface area contributed by atoms with Crippen LogP contribution in [0.15, 0.2) is 48.5 Å². The number of aryl methyl sites for hydroxylation is 1. The molecule has 3 aliphatic rings. The van der Waals surface area contributed by atoms with E-state index in [1.54, 1.807) is 37.3 Å². The number of rotatable bonds is 6. The fraction of sp³-hybridized carbons (Fsp3) is 0.364. The molecule has 0 radical (unpaired) electrons. The van der Waals surface area contributed by atoms with E-state index in [4.69, 9.17) is 32.9 Å². The lowest BCUT2D eigenvalue weighted by Gasteiger charge is -2.39. The number of ether oxygens (including phenoxy) is 1. The number of amides is 1. The number of H-pyrrole nitrogens is 1. The number of carbonyl (C=O) groups is 2. The summed E-state index contributed by atoms with van der Waals surface area (Å²) in [4.78, 5) is 37.8. The van der Waals surface area contributed by atoms with E-state index >= 15 is 4.39 Å². The largest absolute Gasteiger partial charge is 0.462 e. The maximum Gasteiger partial charge on any atom is 0.338 e. The van der Waals surface area contributed by atoms with Crippen molar-refractivity contribution in [1.29, 1.82) is 0 Å². The molecule has 7 rings (SSSR count). The van der Waals surface area contributed by atoms with E-state index in [0.29, 0.717) is 45.6 Å². The highest BCUT2D eigenvalue weighted by Gasteiger charge is 2.67. The third-order valence-corrected chi connectivity index (χ3v) is 9.91. The summed E-state index contributed by atoms with van der Waals surface area (Å²) in [5, 5.41) is 3.58. The third kappa shape index (κ3) is 4.29. The molecule has 3 aromatic carbocycles. The van der Waals surface area contributed by atoms with Gasteiger partial charge in [-0.2, -0.15) is 0 Å². The lowest BCUT2D eigenvalue weighted by atomic mass is 9.71. The van der Waals surface area contributed by atoms with Gasteiger partial charge in [0.15, 0.2) is 0 Å². The minimum Gasteiger partial charge on any atom is -0.462 e. The van der Waals surface area contributed by atoms with Crippen molar-refractivity contribution < 1.29 is 18.7 Å². The van der Waals surface area contributed by atoms with Crippen LogP contribution in [-0.4, -0.2) is 45.9 Å². The van der Waals surface area contributed by atoms with Gasteiger partial charge < -0.3 is 15.0 Å². The third-order valence-electron chi connectivity index (χ3n) is 9.39. The summed E-state index contributed by atoms with van der Waals surface area (Å²) in [5.41, 5.74) is 3.04. The zero-order valence-corrected chi connectivity index (χ0v) is 25.5. The Morgan fingerprint density at radius 2 is 1.98 bits per heavy atom. The van der Waals surface area contributed by atoms with Gasteiger partial charge in [-0.3, -0.25) is 9.69 Å². The summed E-state index contributed by atoms with van der Waals surface area (Å²) in [6.07, 6.45) is 2.16. The van der Waals surface area contributed by atoms with Crippen molar-refractivity contribution in [2.45, 2.75) is 57.0 Å². The van der Waals surface area contributed by atoms with Crippen LogP contribution in [-0.2, 0) is 15.1 Å². The van der Waals surface area contributed by atoms with Crippen molar-refractivity contribution >= 4 is 51.8 Å². The van der Waals surface area contributed by atoms with Crippen LogP contribution in [0.4, 0.5) is 10.1 Å². The molecular formula is C33H31Cl2FN4O3. The molecular weight excluding hydrogens is 590 g/mol. The number of benzene rings is 3. The number of esters is 1. The standard InChI is InChI=1S/C33H31Cl2FN4O3/c1-4-43-31(41)21-14-26-25(12-16(21)2)37-30(38-26)27-17(3)40(15-18-8-9-18)33(28(27)20-6-5-7-23(35)29(20)36)22-11-10-19(34)13-24(22)39-32(33)42/h5-7,10-14,17-18,27-28H,4,8-9,15H2,1-3H3,(H,37,38)(H,39,42)/t17-,27+,28-,33+/m0/s1. The lowest BCUT2D eigenvalue weighted by molar-refractivity contribution is -0.127. The van der Waals surface area contributed by atoms with Crippen LogP contribution in [0.5, 0.6) is 0 Å². The summed E-state index contributed by atoms with van der Waals surface area (Å²) < 4.78 is 21.4. The van der Waals surface area contributed by atoms with E-state index in [1.807, 2.05) is 19.1 Å². The Morgan fingerprint density at radius 1 is 1.19 bits per heavy atom. The van der Waals surface area contributed by atoms with E-state index in [0.717, 1.165) is 29.5 Å². The maximum absolute atomic E-state index is 16.2. The highest BCUT2D eigenvalue weighted by Crippen LogP contribution is 2.63. The first kappa shape index (κ1) is 28.3. The normalized spacial score (nSPS) is 25.0. The van der Waals surface area contributed by atoms with Gasteiger partial charge in [0, 0.05) is 40.7 Å². The number of hydrogen-bond donors (Lipinski definition) is 2. The lowest BCUT2D eigenvalue weighted by Crippen LogP contribution is -2.52. The van der Waals surface area contributed by atoms with Crippen molar-refractivity contribution in [3.8, 4) is 0 Å². The van der Waals surface area contributed by atoms with Crippen LogP contribution in [0.3, 0.4) is 0 Å². The van der Waals surface area contributed by atoms with Crippen molar-refractivity contribution in [3.05, 3.63) is 92.5 Å². The predicted octanol–water partition coefficient (Wildman–Crippen LogP) is 7.32. The molecule has 43 heavy (non-hydrogen) atoms. The van der Waals surface area contributed by atoms with Gasteiger partial charge in [-0.15, -0.1) is 0 Å². The van der Waals surface area contributed by atoms with Crippen LogP contribution in [0, 0.1) is 18.7 Å². The van der Waals surface area contributed by atoms with E-state index in [9.17, 15) is 9.59 Å². The van der Waals surface area contributed by atoms with E-state index in [-0.39, 0.29) is 23.6 Å². The number of hydrogen-bond acceptors (Lipinski definition) is 5. The van der Waals surface area contributed by atoms with E-state index in [2.05, 4.69) is 22.1 Å². The summed E-state index contributed by atoms with van der Waals surface area (Å²) in [6.45, 7) is 6.65. The number of likely N-dealkylation sites (tertiary alicyclic amines) is 1. The molecule has 10 heteroatoms. The monoisotopic (exact) mass is 620 g/mol. The molecule has 222 valence electrons. The minimum absolute atomic E-state index is 0.00580. The topological polar surface area (TPSA) is 87.3 Å². The molecule has 0 unspecified atom stereocenters. The number of imidazole rings is 1. The first-order valence-electron chi connectivity index (χ1n) is 14.6. The number of carbonyl (C=O) groups excluding carboxylic acids is 2. The average Bonchev–Trinajstić information content (AvgIpc) is 3.56. The number of anilines is 1. The van der Waals surface area contributed by atoms with Crippen molar-refractivity contribution in [2.24, 2.45) is 5.92 Å². The zero-order valence-electron chi connectivity index (χ0n) is 24.0. The molecule has 1 spiro atoms. The molecule has 3 heterocycles. The van der Waals surface area contributed by atoms with Gasteiger partial charge in [-0.1, -0.05) is 41.4 Å². The molecule has 2 fully saturated rings. The second-order valence-electron chi connectivity index (χ2n) is 11.9. The summed E-state index contributed by atoms with van der Waals surface area (Å²) in [5.74, 6) is -1.25. The van der Waals surface area contributed by atoms with Gasteiger partial charge in [0.2, 0.25) is 5.91 Å². The molecule has 2 aliphatic heterocycles. The summed E-state index contributed by atoms with van der Waals surface area (Å²) >= 11 is 12.8. The Morgan fingerprint density at radius 3 is 2.72 bits per heavy atom. The Labute approximate surface area is 258 Å². The second kappa shape index (κ2) is 10.3. The van der Waals surface area contributed by atoms with Crippen molar-refractivity contribution in [2.75, 3.05) is 18.5 Å². The summed E-state index contributed by atoms with van der Waals surface area (Å²) in [6, 6.07) is 13.8. The van der Waals surface area contributed by atoms with Crippen LogP contribution >= 0.6 is 23.2 Å². The van der Waals surface area contributed by atoms with Gasteiger partial charge in [0.05, 0.1) is 28.2 Å². The molecule has 1 aromatic heterocycles. The molecule has 1 aliphatic carbocycles. The first-order valence-corrected chi connectivity index (χ1v) is 15.4. The number of aromatic nitrogens is 2. The predicted molar refractivity (Wildman–Crippen MR) is 164 cm³/mol. The second-order valence-corrected chi connectivity index (χ2v) is 12.8. The van der Waals surface area contributed by atoms with Crippen LogP contribution < -0.4 is 5.32 Å². The van der Waals surface area contributed by atoms with Gasteiger partial charge in [0.1, 0.15) is 17.2 Å². The molecule has 2 N–H and O–H groups in total. The molecule has 1 saturated carbocycles. The average molecular weight is 622 g/mol. The number of aromatic amines is 1. The Hall–Kier alpha value is -3.46. The fourth-order valence-corrected chi connectivity index (χ4v) is 7.70. The minimum atomic E-state index is -1.23. The van der Waals surface area contributed by atoms with Crippen LogP contribution in [0.25, 0.3) is 11.0 Å². The molecule has 4 atom stereocenters. The van der Waals surface area contributed by atoms with Crippen LogP contribution in [0.1, 0.15) is 71.4 Å². The quantitative estimate of drug-likeness (QED) is 0.220. The van der Waals surface area contributed by atoms with Crippen LogP contribution in [0.2, 0.25) is 10.0 Å². The fourth-order valence-electron chi connectivity index (χ4n) is 7.34. The highest BCUT2D eigenvalue weighted by atomic mass is 35.5. The maximum atomic E-state index is 16.2. The Balaban J connectivity index is 1.48. The van der Waals surface area contributed by atoms with E-state index < -0.39 is 29.2 Å². The van der Waals surface area contributed by atoms with Crippen molar-refractivity contribution in [1.82, 2.24) is 14.9 Å².